The molecule has 1 aliphatic heterocycles. The molecule has 1 unspecified atom stereocenters. The van der Waals surface area contributed by atoms with Crippen molar-refractivity contribution in [2.75, 3.05) is 20.8 Å². The fourth-order valence-corrected chi connectivity index (χ4v) is 2.94. The standard InChI is InChI=1S/C19H19NO4/c1-12(13-8-9-16(23-2)17(10-13)24-3)11-20-18(21)14-6-4-5-7-15(14)19(20)22/h4-10,12H,11H2,1-3H3. The second-order valence-electron chi connectivity index (χ2n) is 5.78. The lowest BCUT2D eigenvalue weighted by Gasteiger charge is -2.20. The van der Waals surface area contributed by atoms with Crippen LogP contribution in [0, 0.1) is 0 Å². The second-order valence-corrected chi connectivity index (χ2v) is 5.78. The summed E-state index contributed by atoms with van der Waals surface area (Å²) >= 11 is 0. The van der Waals surface area contributed by atoms with E-state index >= 15 is 0 Å². The van der Waals surface area contributed by atoms with E-state index in [2.05, 4.69) is 0 Å². The summed E-state index contributed by atoms with van der Waals surface area (Å²) in [4.78, 5) is 26.2. The number of fused-ring (bicyclic) bond motifs is 1. The molecule has 24 heavy (non-hydrogen) atoms. The van der Waals surface area contributed by atoms with Gasteiger partial charge in [-0.3, -0.25) is 14.5 Å². The molecule has 124 valence electrons. The minimum atomic E-state index is -0.233. The Morgan fingerprint density at radius 1 is 0.917 bits per heavy atom. The summed E-state index contributed by atoms with van der Waals surface area (Å²) in [6.07, 6.45) is 0. The molecule has 1 atom stereocenters. The first-order valence-electron chi connectivity index (χ1n) is 7.74. The summed E-state index contributed by atoms with van der Waals surface area (Å²) in [5.74, 6) is 0.788. The summed E-state index contributed by atoms with van der Waals surface area (Å²) in [5, 5.41) is 0. The lowest BCUT2D eigenvalue weighted by atomic mass is 10.00. The highest BCUT2D eigenvalue weighted by Crippen LogP contribution is 2.32. The zero-order chi connectivity index (χ0) is 17.3. The molecule has 2 aromatic carbocycles. The maximum atomic E-state index is 12.5. The molecule has 0 fully saturated rings. The average molecular weight is 325 g/mol. The van der Waals surface area contributed by atoms with Crippen molar-refractivity contribution >= 4 is 11.8 Å². The number of hydrogen-bond donors (Lipinski definition) is 0. The van der Waals surface area contributed by atoms with Crippen molar-refractivity contribution in [1.82, 2.24) is 4.90 Å². The molecule has 0 radical (unpaired) electrons. The van der Waals surface area contributed by atoms with Gasteiger partial charge in [-0.15, -0.1) is 0 Å². The maximum Gasteiger partial charge on any atom is 0.261 e. The Bertz CT molecular complexity index is 765. The summed E-state index contributed by atoms with van der Waals surface area (Å²) in [6, 6.07) is 12.5. The number of amides is 2. The first kappa shape index (κ1) is 16.1. The highest BCUT2D eigenvalue weighted by atomic mass is 16.5. The zero-order valence-electron chi connectivity index (χ0n) is 13.9. The normalized spacial score (nSPS) is 14.5. The largest absolute Gasteiger partial charge is 0.493 e. The first-order chi connectivity index (χ1) is 11.6. The van der Waals surface area contributed by atoms with Gasteiger partial charge in [0.15, 0.2) is 11.5 Å². The van der Waals surface area contributed by atoms with Gasteiger partial charge in [0.2, 0.25) is 0 Å². The molecular formula is C19H19NO4. The number of carbonyl (C=O) groups is 2. The third kappa shape index (κ3) is 2.62. The molecule has 1 aliphatic rings. The second kappa shape index (κ2) is 6.35. The van der Waals surface area contributed by atoms with E-state index in [1.165, 1.54) is 4.90 Å². The van der Waals surface area contributed by atoms with Crippen LogP contribution in [0.1, 0.15) is 39.1 Å². The van der Waals surface area contributed by atoms with Crippen LogP contribution >= 0.6 is 0 Å². The van der Waals surface area contributed by atoms with E-state index in [1.807, 2.05) is 25.1 Å². The molecule has 0 bridgehead atoms. The van der Waals surface area contributed by atoms with Crippen molar-refractivity contribution in [3.63, 3.8) is 0 Å². The van der Waals surface area contributed by atoms with Crippen molar-refractivity contribution in [2.45, 2.75) is 12.8 Å². The van der Waals surface area contributed by atoms with Crippen LogP contribution in [-0.4, -0.2) is 37.5 Å². The summed E-state index contributed by atoms with van der Waals surface area (Å²) < 4.78 is 10.6. The lowest BCUT2D eigenvalue weighted by molar-refractivity contribution is 0.0646. The SMILES string of the molecule is COc1ccc(C(C)CN2C(=O)c3ccccc3C2=O)cc1OC. The van der Waals surface area contributed by atoms with Crippen LogP contribution in [0.15, 0.2) is 42.5 Å². The van der Waals surface area contributed by atoms with Crippen molar-refractivity contribution in [1.29, 1.82) is 0 Å². The molecule has 0 aromatic heterocycles. The van der Waals surface area contributed by atoms with Crippen LogP contribution in [0.2, 0.25) is 0 Å². The Labute approximate surface area is 140 Å². The number of benzene rings is 2. The molecule has 0 aliphatic carbocycles. The monoisotopic (exact) mass is 325 g/mol. The predicted octanol–water partition coefficient (Wildman–Crippen LogP) is 3.10. The van der Waals surface area contributed by atoms with E-state index < -0.39 is 0 Å². The van der Waals surface area contributed by atoms with Gasteiger partial charge in [-0.05, 0) is 35.7 Å². The minimum absolute atomic E-state index is 0.0213. The van der Waals surface area contributed by atoms with Crippen molar-refractivity contribution < 1.29 is 19.1 Å². The van der Waals surface area contributed by atoms with Gasteiger partial charge < -0.3 is 9.47 Å². The lowest BCUT2D eigenvalue weighted by Crippen LogP contribution is -2.33. The van der Waals surface area contributed by atoms with Gasteiger partial charge in [0, 0.05) is 6.54 Å². The van der Waals surface area contributed by atoms with E-state index in [9.17, 15) is 9.59 Å². The summed E-state index contributed by atoms with van der Waals surface area (Å²) in [6.45, 7) is 2.30. The molecule has 0 saturated heterocycles. The molecule has 1 heterocycles. The molecule has 3 rings (SSSR count). The van der Waals surface area contributed by atoms with Gasteiger partial charge in [-0.1, -0.05) is 25.1 Å². The smallest absolute Gasteiger partial charge is 0.261 e. The van der Waals surface area contributed by atoms with E-state index in [0.717, 1.165) is 5.56 Å². The highest BCUT2D eigenvalue weighted by molar-refractivity contribution is 6.21. The quantitative estimate of drug-likeness (QED) is 0.793. The van der Waals surface area contributed by atoms with E-state index in [-0.39, 0.29) is 17.7 Å². The molecule has 2 amide bonds. The van der Waals surface area contributed by atoms with Crippen molar-refractivity contribution in [3.05, 3.63) is 59.2 Å². The third-order valence-corrected chi connectivity index (χ3v) is 4.31. The number of nitrogens with zero attached hydrogens (tertiary/aromatic N) is 1. The number of imide groups is 1. The van der Waals surface area contributed by atoms with Crippen LogP contribution in [0.5, 0.6) is 11.5 Å². The van der Waals surface area contributed by atoms with Crippen molar-refractivity contribution in [3.8, 4) is 11.5 Å². The Hall–Kier alpha value is -2.82. The molecule has 5 heteroatoms. The van der Waals surface area contributed by atoms with Crippen LogP contribution in [0.25, 0.3) is 0 Å². The summed E-state index contributed by atoms with van der Waals surface area (Å²) in [5.41, 5.74) is 1.92. The van der Waals surface area contributed by atoms with Crippen molar-refractivity contribution in [2.24, 2.45) is 0 Å². The highest BCUT2D eigenvalue weighted by Gasteiger charge is 2.35. The summed E-state index contributed by atoms with van der Waals surface area (Å²) in [7, 11) is 3.16. The predicted molar refractivity (Wildman–Crippen MR) is 89.8 cm³/mol. The fraction of sp³-hybridized carbons (Fsp3) is 0.263. The van der Waals surface area contributed by atoms with Gasteiger partial charge in [0.25, 0.3) is 11.8 Å². The number of rotatable bonds is 5. The molecule has 2 aromatic rings. The Kier molecular flexibility index (Phi) is 4.25. The third-order valence-electron chi connectivity index (χ3n) is 4.31. The van der Waals surface area contributed by atoms with Gasteiger partial charge >= 0.3 is 0 Å². The van der Waals surface area contributed by atoms with Crippen LogP contribution in [0.3, 0.4) is 0 Å². The number of ether oxygens (including phenoxy) is 2. The fourth-order valence-electron chi connectivity index (χ4n) is 2.94. The van der Waals surface area contributed by atoms with E-state index in [1.54, 1.807) is 38.5 Å². The Balaban J connectivity index is 1.82. The number of hydrogen-bond acceptors (Lipinski definition) is 4. The van der Waals surface area contributed by atoms with E-state index in [0.29, 0.717) is 29.2 Å². The topological polar surface area (TPSA) is 55.8 Å². The zero-order valence-corrected chi connectivity index (χ0v) is 13.9. The van der Waals surface area contributed by atoms with Gasteiger partial charge in [0.1, 0.15) is 0 Å². The Morgan fingerprint density at radius 2 is 1.50 bits per heavy atom. The van der Waals surface area contributed by atoms with Crippen LogP contribution < -0.4 is 9.47 Å². The minimum Gasteiger partial charge on any atom is -0.493 e. The van der Waals surface area contributed by atoms with Gasteiger partial charge in [-0.2, -0.15) is 0 Å². The molecular weight excluding hydrogens is 306 g/mol. The van der Waals surface area contributed by atoms with E-state index in [4.69, 9.17) is 9.47 Å². The molecule has 5 nitrogen and oxygen atoms in total. The maximum absolute atomic E-state index is 12.5. The van der Waals surface area contributed by atoms with Crippen LogP contribution in [-0.2, 0) is 0 Å². The van der Waals surface area contributed by atoms with Gasteiger partial charge in [0.05, 0.1) is 25.3 Å². The Morgan fingerprint density at radius 3 is 2.04 bits per heavy atom. The number of carbonyl (C=O) groups excluding carboxylic acids is 2. The molecule has 0 N–H and O–H groups in total. The molecule has 0 spiro atoms. The average Bonchev–Trinajstić information content (AvgIpc) is 2.86. The van der Waals surface area contributed by atoms with Crippen LogP contribution in [0.4, 0.5) is 0 Å². The molecule has 0 saturated carbocycles. The number of methoxy groups -OCH3 is 2. The van der Waals surface area contributed by atoms with Gasteiger partial charge in [-0.25, -0.2) is 0 Å². The first-order valence-corrected chi connectivity index (χ1v) is 7.74.